The molecule has 0 unspecified atom stereocenters. The normalized spacial score (nSPS) is 14.7. The van der Waals surface area contributed by atoms with Crippen molar-refractivity contribution in [1.29, 1.82) is 0 Å². The highest BCUT2D eigenvalue weighted by molar-refractivity contribution is 5.93. The second-order valence-corrected chi connectivity index (χ2v) is 8.08. The van der Waals surface area contributed by atoms with E-state index < -0.39 is 5.69 Å². The SMILES string of the molecule is Cn1nc(-c2ccccc2)cc1C(=O)N1CCC(n2c(=O)[nH]c3ccccc3c2=O)CC1. The van der Waals surface area contributed by atoms with Gasteiger partial charge in [-0.3, -0.25) is 18.8 Å². The summed E-state index contributed by atoms with van der Waals surface area (Å²) in [4.78, 5) is 43.2. The third-order valence-corrected chi connectivity index (χ3v) is 6.12. The number of rotatable bonds is 3. The van der Waals surface area contributed by atoms with Crippen LogP contribution in [0, 0.1) is 0 Å². The number of fused-ring (bicyclic) bond motifs is 1. The van der Waals surface area contributed by atoms with E-state index in [1.165, 1.54) is 4.57 Å². The molecule has 5 rings (SSSR count). The van der Waals surface area contributed by atoms with Gasteiger partial charge in [-0.1, -0.05) is 42.5 Å². The van der Waals surface area contributed by atoms with Crippen molar-refractivity contribution in [3.8, 4) is 11.3 Å². The highest BCUT2D eigenvalue weighted by atomic mass is 16.2. The summed E-state index contributed by atoms with van der Waals surface area (Å²) in [6, 6.07) is 18.3. The Balaban J connectivity index is 1.35. The number of nitrogens with zero attached hydrogens (tertiary/aromatic N) is 4. The van der Waals surface area contributed by atoms with E-state index in [0.717, 1.165) is 11.3 Å². The first kappa shape index (κ1) is 20.0. The summed E-state index contributed by atoms with van der Waals surface area (Å²) in [6.45, 7) is 0.933. The summed E-state index contributed by atoms with van der Waals surface area (Å²) in [5.74, 6) is -0.0969. The first-order valence-corrected chi connectivity index (χ1v) is 10.7. The third-order valence-electron chi connectivity index (χ3n) is 6.12. The molecule has 0 aliphatic carbocycles. The second kappa shape index (κ2) is 7.96. The summed E-state index contributed by atoms with van der Waals surface area (Å²) >= 11 is 0. The van der Waals surface area contributed by atoms with E-state index in [1.54, 1.807) is 40.9 Å². The fourth-order valence-electron chi connectivity index (χ4n) is 4.41. The molecule has 1 amide bonds. The summed E-state index contributed by atoms with van der Waals surface area (Å²) in [5, 5.41) is 4.98. The average Bonchev–Trinajstić information content (AvgIpc) is 3.21. The lowest BCUT2D eigenvalue weighted by Crippen LogP contribution is -2.45. The molecule has 32 heavy (non-hydrogen) atoms. The number of aromatic amines is 1. The Labute approximate surface area is 183 Å². The number of amides is 1. The van der Waals surface area contributed by atoms with Crippen LogP contribution in [0.25, 0.3) is 22.2 Å². The minimum Gasteiger partial charge on any atom is -0.337 e. The van der Waals surface area contributed by atoms with Crippen LogP contribution in [-0.2, 0) is 7.05 Å². The Morgan fingerprint density at radius 3 is 2.44 bits per heavy atom. The number of hydrogen-bond acceptors (Lipinski definition) is 4. The molecule has 4 aromatic rings. The smallest absolute Gasteiger partial charge is 0.329 e. The lowest BCUT2D eigenvalue weighted by Gasteiger charge is -2.32. The van der Waals surface area contributed by atoms with E-state index in [1.807, 2.05) is 36.4 Å². The van der Waals surface area contributed by atoms with Gasteiger partial charge in [0, 0.05) is 31.7 Å². The zero-order chi connectivity index (χ0) is 22.2. The Morgan fingerprint density at radius 1 is 1.00 bits per heavy atom. The van der Waals surface area contributed by atoms with Crippen LogP contribution in [0.5, 0.6) is 0 Å². The molecule has 0 bridgehead atoms. The predicted octanol–water partition coefficient (Wildman–Crippen LogP) is 2.57. The topological polar surface area (TPSA) is 93.0 Å². The quantitative estimate of drug-likeness (QED) is 0.542. The zero-order valence-electron chi connectivity index (χ0n) is 17.7. The second-order valence-electron chi connectivity index (χ2n) is 8.08. The fraction of sp³-hybridized carbons (Fsp3) is 0.250. The molecular weight excluding hydrogens is 406 g/mol. The van der Waals surface area contributed by atoms with Crippen molar-refractivity contribution >= 4 is 16.8 Å². The van der Waals surface area contributed by atoms with E-state index in [-0.39, 0.29) is 17.5 Å². The summed E-state index contributed by atoms with van der Waals surface area (Å²) in [6.07, 6.45) is 1.08. The summed E-state index contributed by atoms with van der Waals surface area (Å²) in [7, 11) is 1.76. The molecule has 0 saturated carbocycles. The number of aryl methyl sites for hydroxylation is 1. The van der Waals surface area contributed by atoms with Crippen molar-refractivity contribution in [1.82, 2.24) is 24.2 Å². The van der Waals surface area contributed by atoms with Crippen LogP contribution >= 0.6 is 0 Å². The Morgan fingerprint density at radius 2 is 1.69 bits per heavy atom. The molecule has 162 valence electrons. The number of likely N-dealkylation sites (tertiary alicyclic amines) is 1. The highest BCUT2D eigenvalue weighted by Gasteiger charge is 2.28. The predicted molar refractivity (Wildman–Crippen MR) is 122 cm³/mol. The monoisotopic (exact) mass is 429 g/mol. The van der Waals surface area contributed by atoms with Gasteiger partial charge in [-0.2, -0.15) is 5.10 Å². The molecule has 1 aliphatic rings. The lowest BCUT2D eigenvalue weighted by molar-refractivity contribution is 0.0681. The van der Waals surface area contributed by atoms with Crippen molar-refractivity contribution in [3.63, 3.8) is 0 Å². The van der Waals surface area contributed by atoms with E-state index in [9.17, 15) is 14.4 Å². The van der Waals surface area contributed by atoms with Crippen LogP contribution in [-0.4, -0.2) is 43.2 Å². The summed E-state index contributed by atoms with van der Waals surface area (Å²) < 4.78 is 2.91. The van der Waals surface area contributed by atoms with Crippen molar-refractivity contribution in [2.75, 3.05) is 13.1 Å². The third kappa shape index (κ3) is 3.43. The van der Waals surface area contributed by atoms with Crippen LogP contribution in [0.3, 0.4) is 0 Å². The molecule has 3 heterocycles. The molecule has 1 aliphatic heterocycles. The molecule has 1 fully saturated rings. The molecule has 0 spiro atoms. The van der Waals surface area contributed by atoms with Crippen LogP contribution in [0.4, 0.5) is 0 Å². The minimum atomic E-state index is -0.405. The number of aromatic nitrogens is 4. The standard InChI is InChI=1S/C24H23N5O3/c1-27-21(15-20(26-27)16-7-3-2-4-8-16)23(31)28-13-11-17(12-14-28)29-22(30)18-9-5-6-10-19(18)25-24(29)32/h2-10,15,17H,11-14H2,1H3,(H,25,32). The Hall–Kier alpha value is -3.94. The van der Waals surface area contributed by atoms with Gasteiger partial charge in [0.05, 0.1) is 16.6 Å². The van der Waals surface area contributed by atoms with E-state index in [4.69, 9.17) is 0 Å². The first-order valence-electron chi connectivity index (χ1n) is 10.7. The van der Waals surface area contributed by atoms with E-state index in [0.29, 0.717) is 42.5 Å². The number of carbonyl (C=O) groups is 1. The maximum Gasteiger partial charge on any atom is 0.329 e. The van der Waals surface area contributed by atoms with Crippen molar-refractivity contribution in [2.45, 2.75) is 18.9 Å². The fourth-order valence-corrected chi connectivity index (χ4v) is 4.41. The van der Waals surface area contributed by atoms with Crippen LogP contribution < -0.4 is 11.2 Å². The molecule has 8 nitrogen and oxygen atoms in total. The molecule has 1 saturated heterocycles. The van der Waals surface area contributed by atoms with Crippen molar-refractivity contribution in [2.24, 2.45) is 7.05 Å². The van der Waals surface area contributed by atoms with Gasteiger partial charge in [0.15, 0.2) is 0 Å². The number of piperidine rings is 1. The van der Waals surface area contributed by atoms with Crippen LogP contribution in [0.2, 0.25) is 0 Å². The van der Waals surface area contributed by atoms with Crippen molar-refractivity contribution < 1.29 is 4.79 Å². The lowest BCUT2D eigenvalue weighted by atomic mass is 10.0. The van der Waals surface area contributed by atoms with Gasteiger partial charge in [0.25, 0.3) is 11.5 Å². The molecule has 2 aromatic heterocycles. The van der Waals surface area contributed by atoms with Crippen LogP contribution in [0.1, 0.15) is 29.4 Å². The van der Waals surface area contributed by atoms with Gasteiger partial charge in [-0.05, 0) is 31.0 Å². The Bertz CT molecular complexity index is 1410. The maximum atomic E-state index is 13.1. The number of carbonyl (C=O) groups excluding carboxylic acids is 1. The summed E-state index contributed by atoms with van der Waals surface area (Å²) in [5.41, 5.74) is 2.07. The van der Waals surface area contributed by atoms with Gasteiger partial charge >= 0.3 is 5.69 Å². The number of para-hydroxylation sites is 1. The van der Waals surface area contributed by atoms with Gasteiger partial charge in [0.1, 0.15) is 5.69 Å². The number of nitrogens with one attached hydrogen (secondary N) is 1. The first-order chi connectivity index (χ1) is 15.5. The molecule has 0 radical (unpaired) electrons. The average molecular weight is 429 g/mol. The molecule has 2 aromatic carbocycles. The molecule has 8 heteroatoms. The molecule has 0 atom stereocenters. The van der Waals surface area contributed by atoms with Crippen LogP contribution in [0.15, 0.2) is 70.3 Å². The van der Waals surface area contributed by atoms with Gasteiger partial charge in [0.2, 0.25) is 0 Å². The highest BCUT2D eigenvalue weighted by Crippen LogP contribution is 2.24. The minimum absolute atomic E-state index is 0.0969. The van der Waals surface area contributed by atoms with Gasteiger partial charge < -0.3 is 9.88 Å². The van der Waals surface area contributed by atoms with Crippen molar-refractivity contribution in [3.05, 3.63) is 87.2 Å². The molecule has 1 N–H and O–H groups in total. The number of benzene rings is 2. The largest absolute Gasteiger partial charge is 0.337 e. The number of H-pyrrole nitrogens is 1. The Kier molecular flexibility index (Phi) is 4.97. The maximum absolute atomic E-state index is 13.1. The van der Waals surface area contributed by atoms with Gasteiger partial charge in [-0.15, -0.1) is 0 Å². The zero-order valence-corrected chi connectivity index (χ0v) is 17.7. The molecular formula is C24H23N5O3. The van der Waals surface area contributed by atoms with E-state index >= 15 is 0 Å². The van der Waals surface area contributed by atoms with E-state index in [2.05, 4.69) is 10.1 Å². The number of hydrogen-bond donors (Lipinski definition) is 1. The van der Waals surface area contributed by atoms with Gasteiger partial charge in [-0.25, -0.2) is 4.79 Å².